The molecule has 0 unspecified atom stereocenters. The summed E-state index contributed by atoms with van der Waals surface area (Å²) in [5.41, 5.74) is -0.128. The van der Waals surface area contributed by atoms with Crippen LogP contribution in [0.4, 0.5) is 0 Å². The molecule has 2 aromatic rings. The Morgan fingerprint density at radius 2 is 2.05 bits per heavy atom. The fourth-order valence-corrected chi connectivity index (χ4v) is 2.91. The van der Waals surface area contributed by atoms with Gasteiger partial charge in [-0.3, -0.25) is 4.79 Å². The summed E-state index contributed by atoms with van der Waals surface area (Å²) in [6.45, 7) is 0. The number of aliphatic carboxylic acids is 1. The summed E-state index contributed by atoms with van der Waals surface area (Å²) in [7, 11) is 1.79. The van der Waals surface area contributed by atoms with Crippen molar-refractivity contribution in [2.24, 2.45) is 7.05 Å². The second-order valence-corrected chi connectivity index (χ2v) is 5.53. The first-order valence-corrected chi connectivity index (χ1v) is 6.82. The highest BCUT2D eigenvalue weighted by Crippen LogP contribution is 2.43. The van der Waals surface area contributed by atoms with E-state index in [0.717, 1.165) is 12.0 Å². The number of aromatic nitrogens is 3. The molecule has 0 saturated heterocycles. The van der Waals surface area contributed by atoms with E-state index in [2.05, 4.69) is 10.2 Å². The van der Waals surface area contributed by atoms with Crippen LogP contribution < -0.4 is 0 Å². The summed E-state index contributed by atoms with van der Waals surface area (Å²) in [6, 6.07) is 7.34. The van der Waals surface area contributed by atoms with Crippen LogP contribution in [-0.2, 0) is 17.3 Å². The molecular weight excluding hydrogens is 278 g/mol. The zero-order valence-corrected chi connectivity index (χ0v) is 11.8. The van der Waals surface area contributed by atoms with E-state index in [4.69, 9.17) is 11.6 Å². The number of carboxylic acid groups (broad SMARTS) is 1. The third-order valence-corrected chi connectivity index (χ3v) is 4.36. The van der Waals surface area contributed by atoms with Crippen molar-refractivity contribution in [3.8, 4) is 11.4 Å². The quantitative estimate of drug-likeness (QED) is 0.944. The lowest BCUT2D eigenvalue weighted by molar-refractivity contribution is -0.148. The van der Waals surface area contributed by atoms with Gasteiger partial charge in [-0.25, -0.2) is 0 Å². The van der Waals surface area contributed by atoms with Gasteiger partial charge in [0.15, 0.2) is 11.6 Å². The topological polar surface area (TPSA) is 68.0 Å². The lowest BCUT2D eigenvalue weighted by Gasteiger charge is -2.36. The molecule has 1 aliphatic carbocycles. The second-order valence-electron chi connectivity index (χ2n) is 5.13. The fourth-order valence-electron chi connectivity index (χ4n) is 2.69. The molecule has 0 atom stereocenters. The van der Waals surface area contributed by atoms with Crippen LogP contribution in [0.3, 0.4) is 0 Å². The average molecular weight is 292 g/mol. The number of halogens is 1. The third-order valence-electron chi connectivity index (χ3n) is 4.03. The van der Waals surface area contributed by atoms with Gasteiger partial charge in [-0.2, -0.15) is 0 Å². The van der Waals surface area contributed by atoms with Gasteiger partial charge in [-0.1, -0.05) is 30.2 Å². The van der Waals surface area contributed by atoms with Crippen LogP contribution in [0, 0.1) is 0 Å². The van der Waals surface area contributed by atoms with Crippen molar-refractivity contribution in [3.05, 3.63) is 35.1 Å². The molecule has 1 aliphatic rings. The van der Waals surface area contributed by atoms with E-state index in [1.54, 1.807) is 17.7 Å². The summed E-state index contributed by atoms with van der Waals surface area (Å²) in [5, 5.41) is 18.3. The summed E-state index contributed by atoms with van der Waals surface area (Å²) in [4.78, 5) is 11.6. The van der Waals surface area contributed by atoms with Gasteiger partial charge < -0.3 is 9.67 Å². The first-order valence-electron chi connectivity index (χ1n) is 6.44. The van der Waals surface area contributed by atoms with Crippen LogP contribution in [0.2, 0.25) is 5.02 Å². The van der Waals surface area contributed by atoms with Crippen LogP contribution in [-0.4, -0.2) is 25.8 Å². The van der Waals surface area contributed by atoms with Gasteiger partial charge in [0, 0.05) is 12.6 Å². The van der Waals surface area contributed by atoms with E-state index in [1.165, 1.54) is 0 Å². The van der Waals surface area contributed by atoms with Crippen molar-refractivity contribution >= 4 is 17.6 Å². The molecule has 0 radical (unpaired) electrons. The van der Waals surface area contributed by atoms with Gasteiger partial charge in [0.25, 0.3) is 0 Å². The van der Waals surface area contributed by atoms with Crippen molar-refractivity contribution in [3.63, 3.8) is 0 Å². The second kappa shape index (κ2) is 4.59. The molecule has 1 N–H and O–H groups in total. The molecule has 104 valence electrons. The maximum atomic E-state index is 11.6. The SMILES string of the molecule is Cn1c(-c2ccccc2Cl)nnc1C1(C(=O)O)CCC1. The zero-order valence-electron chi connectivity index (χ0n) is 11.0. The Bertz CT molecular complexity index is 677. The van der Waals surface area contributed by atoms with E-state index in [1.807, 2.05) is 18.2 Å². The average Bonchev–Trinajstić information content (AvgIpc) is 2.71. The van der Waals surface area contributed by atoms with Crippen LogP contribution in [0.5, 0.6) is 0 Å². The number of carbonyl (C=O) groups is 1. The number of benzene rings is 1. The lowest BCUT2D eigenvalue weighted by atomic mass is 9.68. The standard InChI is InChI=1S/C14H14ClN3O2/c1-18-11(9-5-2-3-6-10(9)15)16-17-12(18)14(13(19)20)7-4-8-14/h2-3,5-6H,4,7-8H2,1H3,(H,19,20). The minimum absolute atomic E-state index is 0.506. The molecule has 3 rings (SSSR count). The van der Waals surface area contributed by atoms with Gasteiger partial charge in [0.2, 0.25) is 0 Å². The van der Waals surface area contributed by atoms with Crippen LogP contribution >= 0.6 is 11.6 Å². The molecule has 5 nitrogen and oxygen atoms in total. The van der Waals surface area contributed by atoms with E-state index >= 15 is 0 Å². The maximum absolute atomic E-state index is 11.6. The largest absolute Gasteiger partial charge is 0.480 e. The highest BCUT2D eigenvalue weighted by Gasteiger charge is 2.50. The molecular formula is C14H14ClN3O2. The molecule has 0 bridgehead atoms. The number of hydrogen-bond acceptors (Lipinski definition) is 3. The first kappa shape index (κ1) is 13.1. The van der Waals surface area contributed by atoms with E-state index in [-0.39, 0.29) is 0 Å². The number of nitrogens with zero attached hydrogens (tertiary/aromatic N) is 3. The lowest BCUT2D eigenvalue weighted by Crippen LogP contribution is -2.44. The Kier molecular flexibility index (Phi) is 3.01. The van der Waals surface area contributed by atoms with Crippen molar-refractivity contribution in [2.75, 3.05) is 0 Å². The molecule has 0 aliphatic heterocycles. The normalized spacial score (nSPS) is 16.7. The van der Waals surface area contributed by atoms with Gasteiger partial charge in [0.05, 0.1) is 5.02 Å². The minimum atomic E-state index is -0.888. The van der Waals surface area contributed by atoms with E-state index in [9.17, 15) is 9.90 Å². The Morgan fingerprint density at radius 3 is 2.60 bits per heavy atom. The van der Waals surface area contributed by atoms with Gasteiger partial charge in [0.1, 0.15) is 5.41 Å². The maximum Gasteiger partial charge on any atom is 0.317 e. The highest BCUT2D eigenvalue weighted by molar-refractivity contribution is 6.33. The Balaban J connectivity index is 2.10. The number of carboxylic acids is 1. The number of rotatable bonds is 3. The van der Waals surface area contributed by atoms with Crippen molar-refractivity contribution in [2.45, 2.75) is 24.7 Å². The van der Waals surface area contributed by atoms with Crippen molar-refractivity contribution in [1.29, 1.82) is 0 Å². The fraction of sp³-hybridized carbons (Fsp3) is 0.357. The predicted octanol–water partition coefficient (Wildman–Crippen LogP) is 2.64. The molecule has 1 heterocycles. The molecule has 20 heavy (non-hydrogen) atoms. The summed E-state index contributed by atoms with van der Waals surface area (Å²) in [6.07, 6.45) is 2.12. The van der Waals surface area contributed by atoms with Crippen molar-refractivity contribution < 1.29 is 9.90 Å². The Morgan fingerprint density at radius 1 is 1.35 bits per heavy atom. The molecule has 1 saturated carbocycles. The van der Waals surface area contributed by atoms with Gasteiger partial charge >= 0.3 is 5.97 Å². The summed E-state index contributed by atoms with van der Waals surface area (Å²) >= 11 is 6.17. The Labute approximate surface area is 121 Å². The van der Waals surface area contributed by atoms with E-state index < -0.39 is 11.4 Å². The molecule has 0 spiro atoms. The highest BCUT2D eigenvalue weighted by atomic mass is 35.5. The molecule has 0 amide bonds. The zero-order chi connectivity index (χ0) is 14.3. The molecule has 1 aromatic carbocycles. The predicted molar refractivity (Wildman–Crippen MR) is 74.6 cm³/mol. The Hall–Kier alpha value is -1.88. The summed E-state index contributed by atoms with van der Waals surface area (Å²) < 4.78 is 1.74. The van der Waals surface area contributed by atoms with Gasteiger partial charge in [-0.15, -0.1) is 10.2 Å². The van der Waals surface area contributed by atoms with Crippen LogP contribution in [0.25, 0.3) is 11.4 Å². The minimum Gasteiger partial charge on any atom is -0.480 e. The summed E-state index contributed by atoms with van der Waals surface area (Å²) in [5.74, 6) is 0.272. The van der Waals surface area contributed by atoms with Gasteiger partial charge in [-0.05, 0) is 25.0 Å². The smallest absolute Gasteiger partial charge is 0.317 e. The molecule has 6 heteroatoms. The van der Waals surface area contributed by atoms with Crippen LogP contribution in [0.15, 0.2) is 24.3 Å². The van der Waals surface area contributed by atoms with Crippen LogP contribution in [0.1, 0.15) is 25.1 Å². The monoisotopic (exact) mass is 291 g/mol. The van der Waals surface area contributed by atoms with Crippen molar-refractivity contribution in [1.82, 2.24) is 14.8 Å². The molecule has 1 fully saturated rings. The molecule has 1 aromatic heterocycles. The third kappa shape index (κ3) is 1.73. The van der Waals surface area contributed by atoms with E-state index in [0.29, 0.717) is 29.5 Å². The number of hydrogen-bond donors (Lipinski definition) is 1. The first-order chi connectivity index (χ1) is 9.56.